The maximum Gasteiger partial charge on any atom is 0.405 e. The lowest BCUT2D eigenvalue weighted by atomic mass is 9.72. The molecule has 0 radical (unpaired) electrons. The fourth-order valence-electron chi connectivity index (χ4n) is 6.11. The zero-order valence-corrected chi connectivity index (χ0v) is 25.6. The number of ketones is 1. The Kier molecular flexibility index (Phi) is 10.6. The number of amides is 4. The van der Waals surface area contributed by atoms with Crippen LogP contribution in [0.3, 0.4) is 0 Å². The molecule has 10 nitrogen and oxygen atoms in total. The molecule has 0 bridgehead atoms. The predicted octanol–water partition coefficient (Wildman–Crippen LogP) is 4.66. The van der Waals surface area contributed by atoms with Gasteiger partial charge in [0.1, 0.15) is 12.1 Å². The minimum atomic E-state index is -3.15. The Hall–Kier alpha value is -3.57. The van der Waals surface area contributed by atoms with Crippen LogP contribution in [-0.2, 0) is 19.2 Å². The number of Topliss-reactive ketones (excluding diaryl/α,β-unsaturated/α-hetero) is 1. The van der Waals surface area contributed by atoms with E-state index in [1.165, 1.54) is 4.90 Å². The van der Waals surface area contributed by atoms with Gasteiger partial charge in [0.25, 0.3) is 5.91 Å². The summed E-state index contributed by atoms with van der Waals surface area (Å²) in [6.07, 6.45) is 2.05. The third kappa shape index (κ3) is 8.96. The number of rotatable bonds is 10. The summed E-state index contributed by atoms with van der Waals surface area (Å²) in [5, 5.41) is 16.7. The van der Waals surface area contributed by atoms with Gasteiger partial charge in [0.05, 0.1) is 6.04 Å². The van der Waals surface area contributed by atoms with Gasteiger partial charge in [-0.2, -0.15) is 0 Å². The summed E-state index contributed by atoms with van der Waals surface area (Å²) in [6.45, 7) is 7.78. The Morgan fingerprint density at radius 2 is 1.65 bits per heavy atom. The minimum Gasteiger partial charge on any atom is -0.465 e. The van der Waals surface area contributed by atoms with Crippen LogP contribution in [0.25, 0.3) is 0 Å². The summed E-state index contributed by atoms with van der Waals surface area (Å²) in [5.41, 5.74) is -0.125. The second-order valence-corrected chi connectivity index (χ2v) is 13.3. The molecule has 4 amide bonds. The van der Waals surface area contributed by atoms with Crippen molar-refractivity contribution in [2.45, 2.75) is 110 Å². The van der Waals surface area contributed by atoms with Gasteiger partial charge in [-0.3, -0.25) is 19.2 Å². The van der Waals surface area contributed by atoms with Gasteiger partial charge in [-0.15, -0.1) is 0 Å². The zero-order chi connectivity index (χ0) is 32.2. The molecule has 1 saturated heterocycles. The van der Waals surface area contributed by atoms with Crippen molar-refractivity contribution in [3.05, 3.63) is 29.8 Å². The van der Waals surface area contributed by atoms with Crippen molar-refractivity contribution in [3.8, 4) is 0 Å². The number of para-hydroxylation sites is 1. The lowest BCUT2D eigenvalue weighted by Crippen LogP contribution is -2.58. The molecule has 1 saturated carbocycles. The maximum absolute atomic E-state index is 13.9. The van der Waals surface area contributed by atoms with Gasteiger partial charge in [0, 0.05) is 18.7 Å². The minimum absolute atomic E-state index is 0.233. The molecule has 1 aromatic rings. The molecule has 2 fully saturated rings. The fourth-order valence-corrected chi connectivity index (χ4v) is 6.11. The summed E-state index contributed by atoms with van der Waals surface area (Å²) in [6, 6.07) is 2.96. The molecule has 4 N–H and O–H groups in total. The van der Waals surface area contributed by atoms with Crippen molar-refractivity contribution in [1.82, 2.24) is 15.5 Å². The standard InChI is InChI=1S/C31H44F2N4O6/c1-19-11-7-8-12-20(19)34-26(40)23(38)21(13-16-30(5,32)33)35-25(39)22-17-31(14-9-6-10-15-31)18-37(22)27(41)24(29(2,3)4)36-28(42)43/h7-8,11-12,21-22,24,36H,6,9-10,13-18H2,1-5H3,(H,34,40)(H,35,39)(H,42,43)/t21-,22-,24+/m0/s1. The zero-order valence-electron chi connectivity index (χ0n) is 25.6. The highest BCUT2D eigenvalue weighted by molar-refractivity contribution is 6.42. The molecule has 2 aliphatic rings. The first-order valence-electron chi connectivity index (χ1n) is 14.8. The Labute approximate surface area is 251 Å². The molecule has 0 unspecified atom stereocenters. The molecule has 238 valence electrons. The first-order valence-corrected chi connectivity index (χ1v) is 14.8. The van der Waals surface area contributed by atoms with Crippen molar-refractivity contribution < 1.29 is 37.9 Å². The number of alkyl halides is 2. The van der Waals surface area contributed by atoms with Crippen LogP contribution in [0.15, 0.2) is 24.3 Å². The largest absolute Gasteiger partial charge is 0.465 e. The van der Waals surface area contributed by atoms with Gasteiger partial charge in [-0.05, 0) is 62.0 Å². The van der Waals surface area contributed by atoms with Gasteiger partial charge in [0.2, 0.25) is 23.5 Å². The lowest BCUT2D eigenvalue weighted by molar-refractivity contribution is -0.143. The van der Waals surface area contributed by atoms with Crippen LogP contribution in [0.1, 0.15) is 84.6 Å². The van der Waals surface area contributed by atoms with Crippen LogP contribution in [0.4, 0.5) is 19.3 Å². The van der Waals surface area contributed by atoms with Crippen molar-refractivity contribution in [3.63, 3.8) is 0 Å². The molecule has 3 atom stereocenters. The number of likely N-dealkylation sites (tertiary alicyclic amines) is 1. The van der Waals surface area contributed by atoms with Crippen LogP contribution < -0.4 is 16.0 Å². The molecule has 43 heavy (non-hydrogen) atoms. The molecule has 1 heterocycles. The number of nitrogens with zero attached hydrogens (tertiary/aromatic N) is 1. The number of benzene rings is 1. The highest BCUT2D eigenvalue weighted by Crippen LogP contribution is 2.47. The number of carboxylic acid groups (broad SMARTS) is 1. The van der Waals surface area contributed by atoms with Gasteiger partial charge >= 0.3 is 6.09 Å². The first-order chi connectivity index (χ1) is 19.9. The third-order valence-electron chi connectivity index (χ3n) is 8.51. The molecule has 1 aliphatic carbocycles. The number of halogens is 2. The van der Waals surface area contributed by atoms with Gasteiger partial charge < -0.3 is 26.0 Å². The van der Waals surface area contributed by atoms with Crippen LogP contribution in [0.5, 0.6) is 0 Å². The molecular formula is C31H44F2N4O6. The van der Waals surface area contributed by atoms with Crippen LogP contribution >= 0.6 is 0 Å². The monoisotopic (exact) mass is 606 g/mol. The summed E-state index contributed by atoms with van der Waals surface area (Å²) >= 11 is 0. The average molecular weight is 607 g/mol. The van der Waals surface area contributed by atoms with Gasteiger partial charge in [-0.25, -0.2) is 13.6 Å². The van der Waals surface area contributed by atoms with E-state index in [4.69, 9.17) is 0 Å². The van der Waals surface area contributed by atoms with E-state index in [0.717, 1.165) is 32.1 Å². The number of carbonyl (C=O) groups is 5. The summed E-state index contributed by atoms with van der Waals surface area (Å²) in [5.74, 6) is -6.59. The van der Waals surface area contributed by atoms with Crippen LogP contribution in [-0.4, -0.2) is 70.2 Å². The predicted molar refractivity (Wildman–Crippen MR) is 157 cm³/mol. The van der Waals surface area contributed by atoms with Crippen molar-refractivity contribution in [2.24, 2.45) is 10.8 Å². The van der Waals surface area contributed by atoms with Gasteiger partial charge in [0.15, 0.2) is 0 Å². The topological polar surface area (TPSA) is 145 Å². The highest BCUT2D eigenvalue weighted by atomic mass is 19.3. The van der Waals surface area contributed by atoms with E-state index in [1.54, 1.807) is 52.0 Å². The number of carbonyl (C=O) groups excluding carboxylic acids is 4. The summed E-state index contributed by atoms with van der Waals surface area (Å²) < 4.78 is 27.7. The van der Waals surface area contributed by atoms with Crippen molar-refractivity contribution in [2.75, 3.05) is 11.9 Å². The maximum atomic E-state index is 13.9. The second-order valence-electron chi connectivity index (χ2n) is 13.3. The second kappa shape index (κ2) is 13.4. The number of hydrogen-bond acceptors (Lipinski definition) is 5. The number of anilines is 1. The highest BCUT2D eigenvalue weighted by Gasteiger charge is 2.51. The molecule has 3 rings (SSSR count). The molecule has 1 aliphatic heterocycles. The average Bonchev–Trinajstić information content (AvgIpc) is 3.28. The Balaban J connectivity index is 1.90. The molecular weight excluding hydrogens is 562 g/mol. The number of nitrogens with one attached hydrogen (secondary N) is 3. The van der Waals surface area contributed by atoms with E-state index in [1.807, 2.05) is 0 Å². The Morgan fingerprint density at radius 3 is 2.21 bits per heavy atom. The van der Waals surface area contributed by atoms with E-state index in [2.05, 4.69) is 16.0 Å². The van der Waals surface area contributed by atoms with Gasteiger partial charge in [-0.1, -0.05) is 58.2 Å². The SMILES string of the molecule is Cc1ccccc1NC(=O)C(=O)[C@H](CCC(C)(F)F)NC(=O)[C@@H]1CC2(CCCCC2)CN1C(=O)[C@@H](NC(=O)O)C(C)(C)C. The number of hydrogen-bond donors (Lipinski definition) is 4. The van der Waals surface area contributed by atoms with Crippen molar-refractivity contribution >= 4 is 35.3 Å². The van der Waals surface area contributed by atoms with Crippen LogP contribution in [0, 0.1) is 17.8 Å². The van der Waals surface area contributed by atoms with Crippen molar-refractivity contribution in [1.29, 1.82) is 0 Å². The molecule has 12 heteroatoms. The van der Waals surface area contributed by atoms with E-state index in [0.29, 0.717) is 18.2 Å². The van der Waals surface area contributed by atoms with E-state index >= 15 is 0 Å². The van der Waals surface area contributed by atoms with Crippen LogP contribution in [0.2, 0.25) is 0 Å². The quantitative estimate of drug-likeness (QED) is 0.285. The molecule has 1 spiro atoms. The smallest absolute Gasteiger partial charge is 0.405 e. The lowest BCUT2D eigenvalue weighted by Gasteiger charge is -2.36. The van der Waals surface area contributed by atoms with E-state index in [-0.39, 0.29) is 18.4 Å². The normalized spacial score (nSPS) is 19.8. The third-order valence-corrected chi connectivity index (χ3v) is 8.51. The van der Waals surface area contributed by atoms with E-state index < -0.39 is 71.9 Å². The Morgan fingerprint density at radius 1 is 1.02 bits per heavy atom. The Bertz CT molecular complexity index is 1220. The van der Waals surface area contributed by atoms with E-state index in [9.17, 15) is 37.9 Å². The fraction of sp³-hybridized carbons (Fsp3) is 0.645. The number of aryl methyl sites for hydroxylation is 1. The first kappa shape index (κ1) is 33.9. The molecule has 1 aromatic carbocycles. The molecule has 0 aromatic heterocycles. The summed E-state index contributed by atoms with van der Waals surface area (Å²) in [7, 11) is 0. The summed E-state index contributed by atoms with van der Waals surface area (Å²) in [4.78, 5) is 66.9.